The topological polar surface area (TPSA) is 127 Å². The summed E-state index contributed by atoms with van der Waals surface area (Å²) in [5.41, 5.74) is 1.70. The Morgan fingerprint density at radius 2 is 1.77 bits per heavy atom. The maximum absolute atomic E-state index is 13.3. The Kier molecular flexibility index (Phi) is 12.4. The molecule has 12 heteroatoms. The molecule has 0 radical (unpaired) electrons. The van der Waals surface area contributed by atoms with E-state index in [9.17, 15) is 14.4 Å². The Hall–Kier alpha value is -2.47. The molecule has 0 bridgehead atoms. The largest absolute Gasteiger partial charge is 0.415 e. The van der Waals surface area contributed by atoms with Gasteiger partial charge in [0.2, 0.25) is 17.7 Å². The number of nitrogens with zero attached hydrogens (tertiary/aromatic N) is 3. The summed E-state index contributed by atoms with van der Waals surface area (Å²) in [6.07, 6.45) is 5.36. The Bertz CT molecular complexity index is 1120. The molecular weight excluding hydrogens is 554 g/mol. The predicted molar refractivity (Wildman–Crippen MR) is 154 cm³/mol. The molecule has 0 unspecified atom stereocenters. The summed E-state index contributed by atoms with van der Waals surface area (Å²) in [7, 11) is 0. The lowest BCUT2D eigenvalue weighted by Crippen LogP contribution is -2.50. The number of rotatable bonds is 10. The molecule has 2 aromatic rings. The van der Waals surface area contributed by atoms with Gasteiger partial charge in [0.05, 0.1) is 19.1 Å². The molecule has 1 aromatic carbocycles. The lowest BCUT2D eigenvalue weighted by molar-refractivity contribution is -0.135. The van der Waals surface area contributed by atoms with Crippen LogP contribution < -0.4 is 10.6 Å². The van der Waals surface area contributed by atoms with Gasteiger partial charge in [0.15, 0.2) is 0 Å². The Balaban J connectivity index is 0.00000441. The van der Waals surface area contributed by atoms with Gasteiger partial charge in [0, 0.05) is 31.2 Å². The van der Waals surface area contributed by atoms with Crippen molar-refractivity contribution in [2.45, 2.75) is 69.7 Å². The normalized spacial score (nSPS) is 20.4. The summed E-state index contributed by atoms with van der Waals surface area (Å²) in [6.45, 7) is 8.12. The van der Waals surface area contributed by atoms with Crippen LogP contribution in [0.2, 0.25) is 0 Å². The lowest BCUT2D eigenvalue weighted by atomic mass is 9.83. The van der Waals surface area contributed by atoms with Crippen molar-refractivity contribution >= 4 is 41.9 Å². The Morgan fingerprint density at radius 1 is 1.07 bits per heavy atom. The first-order valence-electron chi connectivity index (χ1n) is 13.8. The van der Waals surface area contributed by atoms with E-state index < -0.39 is 17.7 Å². The quantitative estimate of drug-likeness (QED) is 0.395. The van der Waals surface area contributed by atoms with Crippen LogP contribution in [-0.4, -0.2) is 71.4 Å². The number of benzene rings is 1. The highest BCUT2D eigenvalue weighted by Crippen LogP contribution is 2.28. The number of carbonyl (C=O) groups excluding carboxylic acids is 3. The van der Waals surface area contributed by atoms with E-state index in [0.717, 1.165) is 51.3 Å². The van der Waals surface area contributed by atoms with Crippen LogP contribution in [0, 0.1) is 11.8 Å². The number of hydrogen-bond donors (Lipinski definition) is 2. The molecule has 40 heavy (non-hydrogen) atoms. The molecule has 4 rings (SSSR count). The first-order valence-corrected chi connectivity index (χ1v) is 15.0. The fourth-order valence-electron chi connectivity index (χ4n) is 5.18. The third-order valence-corrected chi connectivity index (χ3v) is 7.82. The molecule has 2 fully saturated rings. The van der Waals surface area contributed by atoms with Crippen molar-refractivity contribution in [2.75, 3.05) is 32.6 Å². The van der Waals surface area contributed by atoms with Crippen molar-refractivity contribution in [1.82, 2.24) is 25.7 Å². The average molecular weight is 594 g/mol. The van der Waals surface area contributed by atoms with Crippen molar-refractivity contribution in [3.05, 3.63) is 41.3 Å². The van der Waals surface area contributed by atoms with Crippen LogP contribution in [0.25, 0.3) is 0 Å². The highest BCUT2D eigenvalue weighted by Gasteiger charge is 2.35. The molecule has 2 aliphatic rings. The zero-order valence-electron chi connectivity index (χ0n) is 23.4. The van der Waals surface area contributed by atoms with E-state index in [4.69, 9.17) is 9.15 Å². The van der Waals surface area contributed by atoms with Gasteiger partial charge in [-0.05, 0) is 49.1 Å². The number of morpholine rings is 1. The number of carbonyl (C=O) groups is 3. The third kappa shape index (κ3) is 8.76. The van der Waals surface area contributed by atoms with Crippen LogP contribution in [0.1, 0.15) is 73.7 Å². The molecule has 220 valence electrons. The molecule has 3 amide bonds. The average Bonchev–Trinajstić information content (AvgIpc) is 3.42. The van der Waals surface area contributed by atoms with Gasteiger partial charge in [-0.2, -0.15) is 0 Å². The first-order chi connectivity index (χ1) is 18.8. The zero-order chi connectivity index (χ0) is 27.8. The molecule has 2 heterocycles. The molecule has 1 aromatic heterocycles. The van der Waals surface area contributed by atoms with Crippen molar-refractivity contribution in [3.63, 3.8) is 0 Å². The van der Waals surface area contributed by atoms with Gasteiger partial charge in [-0.3, -0.25) is 24.6 Å². The molecule has 1 saturated heterocycles. The monoisotopic (exact) mass is 593 g/mol. The minimum absolute atomic E-state index is 0. The standard InChI is InChI=1S/C28H39N5O5S.ClH/c1-18(2)16-22(27-31-32-28(38-27)39-3)26(36)30-25(35)21-6-4-5-7-23(21)29-24(34)20-10-8-19(9-11-20)17-33-12-14-37-15-13-33;/h8-11,18,21-23H,4-7,12-17H2,1-3H3,(H,29,34)(H,30,35,36);1H/t21-,22-,23+;/m1./s1. The summed E-state index contributed by atoms with van der Waals surface area (Å²) in [5, 5.41) is 14.0. The molecule has 0 spiro atoms. The van der Waals surface area contributed by atoms with E-state index >= 15 is 0 Å². The van der Waals surface area contributed by atoms with Gasteiger partial charge in [-0.15, -0.1) is 22.6 Å². The molecule has 1 aliphatic carbocycles. The smallest absolute Gasteiger partial charge is 0.276 e. The molecule has 2 N–H and O–H groups in total. The number of imide groups is 1. The zero-order valence-corrected chi connectivity index (χ0v) is 25.0. The maximum Gasteiger partial charge on any atom is 0.276 e. The van der Waals surface area contributed by atoms with E-state index in [-0.39, 0.29) is 42.1 Å². The van der Waals surface area contributed by atoms with Gasteiger partial charge in [0.25, 0.3) is 11.1 Å². The van der Waals surface area contributed by atoms with Crippen molar-refractivity contribution < 1.29 is 23.5 Å². The van der Waals surface area contributed by atoms with E-state index in [2.05, 4.69) is 25.7 Å². The number of aromatic nitrogens is 2. The van der Waals surface area contributed by atoms with E-state index in [1.807, 2.05) is 44.4 Å². The summed E-state index contributed by atoms with van der Waals surface area (Å²) in [6, 6.07) is 7.26. The molecule has 3 atom stereocenters. The van der Waals surface area contributed by atoms with Gasteiger partial charge >= 0.3 is 0 Å². The predicted octanol–water partition coefficient (Wildman–Crippen LogP) is 3.81. The third-order valence-electron chi connectivity index (χ3n) is 7.31. The highest BCUT2D eigenvalue weighted by atomic mass is 35.5. The van der Waals surface area contributed by atoms with E-state index in [0.29, 0.717) is 30.0 Å². The fraction of sp³-hybridized carbons (Fsp3) is 0.607. The molecule has 1 aliphatic heterocycles. The van der Waals surface area contributed by atoms with Crippen LogP contribution in [0.3, 0.4) is 0 Å². The van der Waals surface area contributed by atoms with Gasteiger partial charge in [0.1, 0.15) is 5.92 Å². The Morgan fingerprint density at radius 3 is 2.42 bits per heavy atom. The number of ether oxygens (including phenoxy) is 1. The summed E-state index contributed by atoms with van der Waals surface area (Å²) >= 11 is 1.30. The number of nitrogens with one attached hydrogen (secondary N) is 2. The molecule has 1 saturated carbocycles. The maximum atomic E-state index is 13.3. The first kappa shape index (κ1) is 32.0. The second-order valence-electron chi connectivity index (χ2n) is 10.7. The summed E-state index contributed by atoms with van der Waals surface area (Å²) in [4.78, 5) is 41.9. The van der Waals surface area contributed by atoms with Crippen molar-refractivity contribution in [1.29, 1.82) is 0 Å². The number of amides is 3. The Labute approximate surface area is 246 Å². The summed E-state index contributed by atoms with van der Waals surface area (Å²) in [5.74, 6) is -1.84. The van der Waals surface area contributed by atoms with Crippen molar-refractivity contribution in [2.24, 2.45) is 11.8 Å². The van der Waals surface area contributed by atoms with Crippen LogP contribution in [-0.2, 0) is 20.9 Å². The van der Waals surface area contributed by atoms with Crippen LogP contribution in [0.4, 0.5) is 0 Å². The SMILES string of the molecule is CSc1nnc([C@H](CC(C)C)C(=O)NC(=O)[C@@H]2CCCC[C@@H]2NC(=O)c2ccc(CN3CCOCC3)cc2)o1.Cl. The lowest BCUT2D eigenvalue weighted by Gasteiger charge is -2.31. The summed E-state index contributed by atoms with van der Waals surface area (Å²) < 4.78 is 11.0. The number of halogens is 1. The molecule has 10 nitrogen and oxygen atoms in total. The number of hydrogen-bond acceptors (Lipinski definition) is 9. The minimum Gasteiger partial charge on any atom is -0.415 e. The van der Waals surface area contributed by atoms with Crippen LogP contribution >= 0.6 is 24.2 Å². The van der Waals surface area contributed by atoms with E-state index in [1.54, 1.807) is 0 Å². The van der Waals surface area contributed by atoms with Crippen molar-refractivity contribution in [3.8, 4) is 0 Å². The van der Waals surface area contributed by atoms with E-state index in [1.165, 1.54) is 11.8 Å². The van der Waals surface area contributed by atoms with Gasteiger partial charge in [-0.1, -0.05) is 50.6 Å². The van der Waals surface area contributed by atoms with Crippen LogP contribution in [0.15, 0.2) is 33.9 Å². The van der Waals surface area contributed by atoms with Gasteiger partial charge in [-0.25, -0.2) is 0 Å². The second-order valence-corrected chi connectivity index (χ2v) is 11.5. The second kappa shape index (κ2) is 15.5. The number of thioether (sulfide) groups is 1. The highest BCUT2D eigenvalue weighted by molar-refractivity contribution is 7.98. The van der Waals surface area contributed by atoms with Crippen LogP contribution in [0.5, 0.6) is 0 Å². The van der Waals surface area contributed by atoms with Gasteiger partial charge < -0.3 is 14.5 Å². The minimum atomic E-state index is -0.713. The fourth-order valence-corrected chi connectivity index (χ4v) is 5.48. The molecular formula is C28H40ClN5O5S.